The minimum absolute atomic E-state index is 0.162. The molecule has 0 atom stereocenters. The van der Waals surface area contributed by atoms with Crippen LogP contribution in [0.5, 0.6) is 0 Å². The topological polar surface area (TPSA) is 46.2 Å². The van der Waals surface area contributed by atoms with Crippen LogP contribution in [0.25, 0.3) is 0 Å². The first-order chi connectivity index (χ1) is 8.18. The van der Waals surface area contributed by atoms with E-state index in [4.69, 9.17) is 0 Å². The lowest BCUT2D eigenvalue weighted by atomic mass is 10.4. The molecule has 1 fully saturated rings. The van der Waals surface area contributed by atoms with Crippen LogP contribution in [0.1, 0.15) is 19.8 Å². The summed E-state index contributed by atoms with van der Waals surface area (Å²) in [6, 6.07) is 0. The van der Waals surface area contributed by atoms with E-state index in [-0.39, 0.29) is 5.75 Å². The fourth-order valence-electron chi connectivity index (χ4n) is 2.28. The molecule has 18 heavy (non-hydrogen) atoms. The van der Waals surface area contributed by atoms with Gasteiger partial charge in [-0.2, -0.15) is 13.2 Å². The summed E-state index contributed by atoms with van der Waals surface area (Å²) < 4.78 is 60.5. The molecular formula is C10H20F3NO2PS+. The molecule has 1 aliphatic rings. The van der Waals surface area contributed by atoms with Crippen LogP contribution in [0.2, 0.25) is 0 Å². The lowest BCUT2D eigenvalue weighted by Crippen LogP contribution is -2.36. The molecular weight excluding hydrogens is 286 g/mol. The minimum Gasteiger partial charge on any atom is -0.212 e. The van der Waals surface area contributed by atoms with Gasteiger partial charge in [0.25, 0.3) is 0 Å². The van der Waals surface area contributed by atoms with Crippen molar-refractivity contribution in [1.29, 1.82) is 0 Å². The van der Waals surface area contributed by atoms with Gasteiger partial charge in [0.2, 0.25) is 10.0 Å². The third kappa shape index (κ3) is 5.41. The van der Waals surface area contributed by atoms with Gasteiger partial charge in [-0.15, -0.1) is 0 Å². The number of nitrogens with one attached hydrogen (secondary N) is 1. The standard InChI is InChI=1S/C10H20F3NO2PS/c1-2-17(5-3-4-6-17)7-8-18(15,16)14-9-10(11,12)13/h14H,2-9H2,1H3/q+1. The van der Waals surface area contributed by atoms with Gasteiger partial charge in [-0.3, -0.25) is 0 Å². The highest BCUT2D eigenvalue weighted by atomic mass is 32.2. The molecule has 1 heterocycles. The lowest BCUT2D eigenvalue weighted by molar-refractivity contribution is -0.121. The van der Waals surface area contributed by atoms with Gasteiger partial charge >= 0.3 is 6.18 Å². The third-order valence-corrected chi connectivity index (χ3v) is 10.2. The van der Waals surface area contributed by atoms with Gasteiger partial charge in [0, 0.05) is 7.26 Å². The van der Waals surface area contributed by atoms with E-state index in [2.05, 4.69) is 6.92 Å². The average Bonchev–Trinajstić information content (AvgIpc) is 2.73. The zero-order chi connectivity index (χ0) is 13.9. The van der Waals surface area contributed by atoms with Crippen LogP contribution < -0.4 is 4.72 Å². The van der Waals surface area contributed by atoms with Crippen LogP contribution in [0.3, 0.4) is 0 Å². The molecule has 1 aliphatic heterocycles. The largest absolute Gasteiger partial charge is 0.402 e. The second kappa shape index (κ2) is 6.06. The summed E-state index contributed by atoms with van der Waals surface area (Å²) >= 11 is 0. The smallest absolute Gasteiger partial charge is 0.212 e. The molecule has 0 amide bonds. The van der Waals surface area contributed by atoms with Crippen LogP contribution in [-0.2, 0) is 10.0 Å². The lowest BCUT2D eigenvalue weighted by Gasteiger charge is -2.20. The van der Waals surface area contributed by atoms with Gasteiger partial charge < -0.3 is 0 Å². The monoisotopic (exact) mass is 306 g/mol. The predicted molar refractivity (Wildman–Crippen MR) is 69.1 cm³/mol. The van der Waals surface area contributed by atoms with E-state index in [1.54, 1.807) is 4.72 Å². The summed E-state index contributed by atoms with van der Waals surface area (Å²) in [5, 5.41) is 0. The van der Waals surface area contributed by atoms with Gasteiger partial charge in [-0.25, -0.2) is 13.1 Å². The highest BCUT2D eigenvalue weighted by Gasteiger charge is 2.40. The first kappa shape index (κ1) is 16.2. The zero-order valence-electron chi connectivity index (χ0n) is 10.5. The number of halogens is 3. The van der Waals surface area contributed by atoms with Crippen molar-refractivity contribution in [1.82, 2.24) is 4.72 Å². The molecule has 0 aromatic heterocycles. The molecule has 0 aromatic carbocycles. The molecule has 1 rings (SSSR count). The Morgan fingerprint density at radius 3 is 2.22 bits per heavy atom. The first-order valence-corrected chi connectivity index (χ1v) is 10.3. The maximum Gasteiger partial charge on any atom is 0.402 e. The summed E-state index contributed by atoms with van der Waals surface area (Å²) in [5.74, 6) is -0.162. The number of sulfonamides is 1. The van der Waals surface area contributed by atoms with E-state index in [0.29, 0.717) is 6.16 Å². The molecule has 0 aliphatic carbocycles. The average molecular weight is 306 g/mol. The molecule has 0 radical (unpaired) electrons. The van der Waals surface area contributed by atoms with Crippen molar-refractivity contribution >= 4 is 17.3 Å². The number of alkyl halides is 3. The van der Waals surface area contributed by atoms with Crippen LogP contribution in [0.4, 0.5) is 13.2 Å². The zero-order valence-corrected chi connectivity index (χ0v) is 12.2. The maximum atomic E-state index is 11.9. The van der Waals surface area contributed by atoms with Crippen LogP contribution in [0, 0.1) is 0 Å². The van der Waals surface area contributed by atoms with Crippen molar-refractivity contribution in [3.63, 3.8) is 0 Å². The minimum atomic E-state index is -4.49. The van der Waals surface area contributed by atoms with Crippen molar-refractivity contribution in [3.8, 4) is 0 Å². The number of rotatable bonds is 6. The highest BCUT2D eigenvalue weighted by molar-refractivity contribution is 7.90. The van der Waals surface area contributed by atoms with Gasteiger partial charge in [-0.05, 0) is 19.8 Å². The fraction of sp³-hybridized carbons (Fsp3) is 1.00. The molecule has 3 nitrogen and oxygen atoms in total. The van der Waals surface area contributed by atoms with E-state index in [9.17, 15) is 21.6 Å². The number of hydrogen-bond donors (Lipinski definition) is 1. The molecule has 0 aromatic rings. The van der Waals surface area contributed by atoms with Crippen molar-refractivity contribution in [2.24, 2.45) is 0 Å². The second-order valence-electron chi connectivity index (χ2n) is 4.79. The van der Waals surface area contributed by atoms with E-state index in [1.165, 1.54) is 0 Å². The summed E-state index contributed by atoms with van der Waals surface area (Å²) in [4.78, 5) is 0. The Bertz CT molecular complexity index is 364. The third-order valence-electron chi connectivity index (χ3n) is 3.51. The van der Waals surface area contributed by atoms with Crippen LogP contribution in [-0.4, -0.2) is 51.5 Å². The van der Waals surface area contributed by atoms with Gasteiger partial charge in [0.05, 0.1) is 30.4 Å². The summed E-state index contributed by atoms with van der Waals surface area (Å²) in [6.45, 7) is 0.599. The quantitative estimate of drug-likeness (QED) is 0.765. The summed E-state index contributed by atoms with van der Waals surface area (Å²) in [7, 11) is -4.98. The predicted octanol–water partition coefficient (Wildman–Crippen LogP) is 2.30. The summed E-state index contributed by atoms with van der Waals surface area (Å²) in [5.41, 5.74) is 0. The van der Waals surface area contributed by atoms with Crippen molar-refractivity contribution in [2.75, 3.05) is 36.9 Å². The Labute approximate surface area is 107 Å². The van der Waals surface area contributed by atoms with E-state index in [0.717, 1.165) is 31.3 Å². The van der Waals surface area contributed by atoms with E-state index >= 15 is 0 Å². The Morgan fingerprint density at radius 1 is 1.22 bits per heavy atom. The van der Waals surface area contributed by atoms with Crippen molar-refractivity contribution in [3.05, 3.63) is 0 Å². The van der Waals surface area contributed by atoms with Gasteiger partial charge in [0.1, 0.15) is 6.54 Å². The van der Waals surface area contributed by atoms with Crippen LogP contribution in [0.15, 0.2) is 0 Å². The molecule has 0 bridgehead atoms. The Morgan fingerprint density at radius 2 is 1.78 bits per heavy atom. The summed E-state index contributed by atoms with van der Waals surface area (Å²) in [6.07, 6.45) is 1.54. The second-order valence-corrected chi connectivity index (χ2v) is 11.4. The van der Waals surface area contributed by atoms with Crippen molar-refractivity contribution in [2.45, 2.75) is 25.9 Å². The first-order valence-electron chi connectivity index (χ1n) is 6.07. The molecule has 8 heteroatoms. The molecule has 0 saturated carbocycles. The van der Waals surface area contributed by atoms with Gasteiger partial charge in [0.15, 0.2) is 0 Å². The van der Waals surface area contributed by atoms with E-state index < -0.39 is 30.0 Å². The van der Waals surface area contributed by atoms with Crippen molar-refractivity contribution < 1.29 is 21.6 Å². The maximum absolute atomic E-state index is 11.9. The van der Waals surface area contributed by atoms with Gasteiger partial charge in [-0.1, -0.05) is 0 Å². The molecule has 108 valence electrons. The number of hydrogen-bond acceptors (Lipinski definition) is 2. The Hall–Kier alpha value is 0.130. The normalized spacial score (nSPS) is 20.2. The fourth-order valence-corrected chi connectivity index (χ4v) is 8.73. The SMILES string of the molecule is CC[P+]1(CCS(=O)(=O)NCC(F)(F)F)CCCC1. The molecule has 0 spiro atoms. The Kier molecular flexibility index (Phi) is 5.44. The van der Waals surface area contributed by atoms with E-state index in [1.807, 2.05) is 0 Å². The molecule has 0 unspecified atom stereocenters. The van der Waals surface area contributed by atoms with Crippen LogP contribution >= 0.6 is 7.26 Å². The molecule has 1 saturated heterocycles. The Balaban J connectivity index is 2.46. The highest BCUT2D eigenvalue weighted by Crippen LogP contribution is 2.63. The molecule has 1 N–H and O–H groups in total.